The number of thioether (sulfide) groups is 1. The highest BCUT2D eigenvalue weighted by molar-refractivity contribution is 7.99. The molecule has 32 heavy (non-hydrogen) atoms. The molecule has 0 aliphatic heterocycles. The number of aromatic nitrogens is 4. The van der Waals surface area contributed by atoms with E-state index in [1.54, 1.807) is 15.9 Å². The maximum atomic E-state index is 13.1. The molecule has 0 spiro atoms. The van der Waals surface area contributed by atoms with Crippen LogP contribution in [0.2, 0.25) is 0 Å². The summed E-state index contributed by atoms with van der Waals surface area (Å²) in [4.78, 5) is 26.8. The number of anilines is 1. The number of rotatable bonds is 6. The molecule has 0 radical (unpaired) electrons. The van der Waals surface area contributed by atoms with Gasteiger partial charge >= 0.3 is 0 Å². The van der Waals surface area contributed by atoms with Crippen molar-refractivity contribution in [2.45, 2.75) is 25.5 Å². The Bertz CT molecular complexity index is 1480. The molecule has 1 aromatic carbocycles. The van der Waals surface area contributed by atoms with Crippen LogP contribution in [-0.4, -0.2) is 30.8 Å². The van der Waals surface area contributed by atoms with Crippen LogP contribution in [0.25, 0.3) is 16.0 Å². The lowest BCUT2D eigenvalue weighted by Gasteiger charge is -2.11. The van der Waals surface area contributed by atoms with Crippen molar-refractivity contribution in [3.05, 3.63) is 73.5 Å². The van der Waals surface area contributed by atoms with Crippen molar-refractivity contribution in [2.75, 3.05) is 11.1 Å². The average Bonchev–Trinajstić information content (AvgIpc) is 3.52. The molecule has 5 aromatic rings. The first kappa shape index (κ1) is 20.9. The van der Waals surface area contributed by atoms with Crippen molar-refractivity contribution in [2.24, 2.45) is 0 Å². The number of nitrogens with one attached hydrogen (secondary N) is 1. The number of fused-ring (bicyclic) bond motifs is 3. The lowest BCUT2D eigenvalue weighted by Crippen LogP contribution is -2.22. The van der Waals surface area contributed by atoms with Crippen LogP contribution in [0, 0.1) is 13.8 Å². The van der Waals surface area contributed by atoms with E-state index in [0.29, 0.717) is 22.2 Å². The van der Waals surface area contributed by atoms with Crippen molar-refractivity contribution in [3.8, 4) is 0 Å². The van der Waals surface area contributed by atoms with Crippen LogP contribution in [0.5, 0.6) is 0 Å². The van der Waals surface area contributed by atoms with E-state index in [1.807, 2.05) is 65.4 Å². The summed E-state index contributed by atoms with van der Waals surface area (Å²) in [5.41, 5.74) is 3.57. The van der Waals surface area contributed by atoms with Crippen LogP contribution >= 0.6 is 34.4 Å². The molecule has 0 aliphatic rings. The number of carbonyl (C=O) groups is 1. The highest BCUT2D eigenvalue weighted by Crippen LogP contribution is 2.26. The largest absolute Gasteiger partial charge is 0.325 e. The minimum absolute atomic E-state index is 0.0763. The molecule has 0 unspecified atom stereocenters. The van der Waals surface area contributed by atoms with E-state index >= 15 is 0 Å². The second-order valence-corrected chi connectivity index (χ2v) is 10.2. The van der Waals surface area contributed by atoms with Gasteiger partial charge in [-0.2, -0.15) is 0 Å². The Morgan fingerprint density at radius 3 is 2.62 bits per heavy atom. The Morgan fingerprint density at radius 1 is 1.06 bits per heavy atom. The monoisotopic (exact) mass is 481 g/mol. The highest BCUT2D eigenvalue weighted by atomic mass is 32.2. The van der Waals surface area contributed by atoms with Gasteiger partial charge in [0.2, 0.25) is 11.7 Å². The fraction of sp³-hybridized carbons (Fsp3) is 0.182. The van der Waals surface area contributed by atoms with Gasteiger partial charge in [-0.25, -0.2) is 0 Å². The zero-order chi connectivity index (χ0) is 22.2. The van der Waals surface area contributed by atoms with Gasteiger partial charge in [0, 0.05) is 10.6 Å². The van der Waals surface area contributed by atoms with Crippen LogP contribution in [0.15, 0.2) is 57.1 Å². The van der Waals surface area contributed by atoms with E-state index in [9.17, 15) is 9.59 Å². The van der Waals surface area contributed by atoms with E-state index in [2.05, 4.69) is 15.5 Å². The Hall–Kier alpha value is -2.95. The fourth-order valence-electron chi connectivity index (χ4n) is 3.61. The third kappa shape index (κ3) is 3.74. The topological polar surface area (TPSA) is 81.3 Å². The van der Waals surface area contributed by atoms with Crippen molar-refractivity contribution in [1.82, 2.24) is 19.2 Å². The molecule has 0 saturated heterocycles. The van der Waals surface area contributed by atoms with Gasteiger partial charge in [0.25, 0.3) is 5.56 Å². The molecule has 0 bridgehead atoms. The lowest BCUT2D eigenvalue weighted by molar-refractivity contribution is -0.113. The number of aryl methyl sites for hydroxylation is 2. The van der Waals surface area contributed by atoms with Gasteiger partial charge in [0.15, 0.2) is 5.16 Å². The molecule has 162 valence electrons. The molecule has 4 heterocycles. The first-order valence-electron chi connectivity index (χ1n) is 9.89. The summed E-state index contributed by atoms with van der Waals surface area (Å²) >= 11 is 4.30. The predicted molar refractivity (Wildman–Crippen MR) is 131 cm³/mol. The van der Waals surface area contributed by atoms with Crippen molar-refractivity contribution in [3.63, 3.8) is 0 Å². The second-order valence-electron chi connectivity index (χ2n) is 7.33. The fourth-order valence-corrected chi connectivity index (χ4v) is 5.87. The number of thiophene rings is 2. The molecule has 0 saturated carbocycles. The molecule has 5 rings (SSSR count). The standard InChI is InChI=1S/C22H19N5O2S3/c1-13-5-3-6-14(2)18(13)23-17(28)12-32-22-25-24-21-26(11-15-7-4-9-30-15)20(29)19-16(27(21)22)8-10-31-19/h3-10H,11-12H2,1-2H3,(H,23,28). The Labute approximate surface area is 195 Å². The van der Waals surface area contributed by atoms with E-state index in [1.165, 1.54) is 23.1 Å². The number of carbonyl (C=O) groups excluding carboxylic acids is 1. The van der Waals surface area contributed by atoms with E-state index in [4.69, 9.17) is 0 Å². The number of amides is 1. The van der Waals surface area contributed by atoms with Gasteiger partial charge in [0.05, 0.1) is 17.8 Å². The quantitative estimate of drug-likeness (QED) is 0.360. The van der Waals surface area contributed by atoms with Crippen LogP contribution < -0.4 is 10.9 Å². The summed E-state index contributed by atoms with van der Waals surface area (Å²) in [5, 5.41) is 16.1. The van der Waals surface area contributed by atoms with Crippen LogP contribution in [-0.2, 0) is 11.3 Å². The smallest absolute Gasteiger partial charge is 0.273 e. The first-order chi connectivity index (χ1) is 15.5. The van der Waals surface area contributed by atoms with Gasteiger partial charge in [-0.3, -0.25) is 18.6 Å². The number of hydrogen-bond acceptors (Lipinski definition) is 7. The minimum atomic E-state index is -0.113. The molecule has 7 nitrogen and oxygen atoms in total. The van der Waals surface area contributed by atoms with Crippen molar-refractivity contribution >= 4 is 62.0 Å². The summed E-state index contributed by atoms with van der Waals surface area (Å²) < 4.78 is 4.17. The SMILES string of the molecule is Cc1cccc(C)c1NC(=O)CSc1nnc2n(Cc3cccs3)c(=O)c3sccc3n12. The molecule has 1 N–H and O–H groups in total. The van der Waals surface area contributed by atoms with Gasteiger partial charge in [-0.1, -0.05) is 36.0 Å². The summed E-state index contributed by atoms with van der Waals surface area (Å²) in [6.07, 6.45) is 0. The number of nitrogens with zero attached hydrogens (tertiary/aromatic N) is 4. The van der Waals surface area contributed by atoms with Crippen LogP contribution in [0.1, 0.15) is 16.0 Å². The molecule has 0 aliphatic carbocycles. The Balaban J connectivity index is 1.47. The first-order valence-corrected chi connectivity index (χ1v) is 12.6. The van der Waals surface area contributed by atoms with Gasteiger partial charge in [0.1, 0.15) is 4.70 Å². The molecule has 10 heteroatoms. The third-order valence-corrected chi connectivity index (χ3v) is 7.84. The molecule has 0 fully saturated rings. The Kier molecular flexibility index (Phi) is 5.58. The van der Waals surface area contributed by atoms with E-state index < -0.39 is 0 Å². The molecular weight excluding hydrogens is 462 g/mol. The van der Waals surface area contributed by atoms with Crippen LogP contribution in [0.4, 0.5) is 5.69 Å². The summed E-state index contributed by atoms with van der Waals surface area (Å²) in [5.74, 6) is 0.550. The van der Waals surface area contributed by atoms with E-state index in [0.717, 1.165) is 27.2 Å². The second kappa shape index (κ2) is 8.53. The molecule has 0 atom stereocenters. The maximum absolute atomic E-state index is 13.1. The van der Waals surface area contributed by atoms with Gasteiger partial charge in [-0.15, -0.1) is 32.9 Å². The number of para-hydroxylation sites is 1. The van der Waals surface area contributed by atoms with Crippen LogP contribution in [0.3, 0.4) is 0 Å². The predicted octanol–water partition coefficient (Wildman–Crippen LogP) is 4.56. The summed E-state index contributed by atoms with van der Waals surface area (Å²) in [6.45, 7) is 4.38. The Morgan fingerprint density at radius 2 is 1.88 bits per heavy atom. The molecule has 1 amide bonds. The minimum Gasteiger partial charge on any atom is -0.325 e. The summed E-state index contributed by atoms with van der Waals surface area (Å²) in [7, 11) is 0. The highest BCUT2D eigenvalue weighted by Gasteiger charge is 2.19. The van der Waals surface area contributed by atoms with Crippen molar-refractivity contribution in [1.29, 1.82) is 0 Å². The molecular formula is C22H19N5O2S3. The third-order valence-electron chi connectivity index (χ3n) is 5.15. The maximum Gasteiger partial charge on any atom is 0.273 e. The number of benzene rings is 1. The summed E-state index contributed by atoms with van der Waals surface area (Å²) in [6, 6.07) is 11.8. The zero-order valence-corrected chi connectivity index (χ0v) is 19.8. The lowest BCUT2D eigenvalue weighted by atomic mass is 10.1. The van der Waals surface area contributed by atoms with Crippen molar-refractivity contribution < 1.29 is 4.79 Å². The average molecular weight is 482 g/mol. The molecule has 4 aromatic heterocycles. The van der Waals surface area contributed by atoms with E-state index in [-0.39, 0.29) is 17.2 Å². The normalized spacial score (nSPS) is 11.4. The van der Waals surface area contributed by atoms with Gasteiger partial charge < -0.3 is 5.32 Å². The van der Waals surface area contributed by atoms with Gasteiger partial charge in [-0.05, 0) is 47.9 Å². The zero-order valence-electron chi connectivity index (χ0n) is 17.4. The number of hydrogen-bond donors (Lipinski definition) is 1.